The predicted molar refractivity (Wildman–Crippen MR) is 110 cm³/mol. The quantitative estimate of drug-likeness (QED) is 0.337. The van der Waals surface area contributed by atoms with E-state index in [1.165, 1.54) is 17.1 Å². The highest BCUT2D eigenvalue weighted by molar-refractivity contribution is 5.88. The number of nitrogens with zero attached hydrogens (tertiary/aromatic N) is 4. The Hall–Kier alpha value is -3.10. The average molecular weight is 403 g/mol. The van der Waals surface area contributed by atoms with Crippen molar-refractivity contribution in [3.8, 4) is 0 Å². The molecule has 1 aliphatic heterocycles. The zero-order valence-corrected chi connectivity index (χ0v) is 17.4. The first-order chi connectivity index (χ1) is 13.6. The minimum atomic E-state index is -0.784. The Balaban J connectivity index is 2.15. The normalized spacial score (nSPS) is 19.6. The summed E-state index contributed by atoms with van der Waals surface area (Å²) in [6, 6.07) is 8.85. The van der Waals surface area contributed by atoms with Crippen LogP contribution in [0.4, 0.5) is 4.79 Å². The zero-order valence-electron chi connectivity index (χ0n) is 17.4. The lowest BCUT2D eigenvalue weighted by Gasteiger charge is -2.27. The third-order valence-electron chi connectivity index (χ3n) is 4.38. The predicted octanol–water partition coefficient (Wildman–Crippen LogP) is 2.17. The van der Waals surface area contributed by atoms with E-state index in [-0.39, 0.29) is 24.7 Å². The molecular formula is C20H29N5O4. The molecule has 1 fully saturated rings. The molecule has 0 saturated carbocycles. The van der Waals surface area contributed by atoms with E-state index in [0.717, 1.165) is 5.56 Å². The highest BCUT2D eigenvalue weighted by Gasteiger charge is 2.43. The lowest BCUT2D eigenvalue weighted by Crippen LogP contribution is -2.44. The topological polar surface area (TPSA) is 110 Å². The molecule has 0 aliphatic carbocycles. The Morgan fingerprint density at radius 2 is 1.97 bits per heavy atom. The number of amides is 1. The first-order valence-electron chi connectivity index (χ1n) is 9.34. The van der Waals surface area contributed by atoms with E-state index in [2.05, 4.69) is 16.9 Å². The maximum atomic E-state index is 12.6. The van der Waals surface area contributed by atoms with Gasteiger partial charge in [0, 0.05) is 19.2 Å². The van der Waals surface area contributed by atoms with Crippen molar-refractivity contribution >= 4 is 24.6 Å². The Morgan fingerprint density at radius 3 is 2.52 bits per heavy atom. The molecule has 2 N–H and O–H groups in total. The monoisotopic (exact) mass is 403 g/mol. The molecule has 2 atom stereocenters. The van der Waals surface area contributed by atoms with Crippen LogP contribution in [0.25, 0.3) is 0 Å². The first-order valence-corrected chi connectivity index (χ1v) is 9.34. The minimum Gasteiger partial charge on any atom is -0.467 e. The lowest BCUT2D eigenvalue weighted by atomic mass is 10.1. The zero-order chi connectivity index (χ0) is 21.6. The number of ether oxygens (including phenoxy) is 2. The number of hydrogen-bond donors (Lipinski definition) is 1. The molecule has 1 aromatic carbocycles. The second-order valence-electron chi connectivity index (χ2n) is 7.79. The number of methoxy groups -OCH3 is 1. The van der Waals surface area contributed by atoms with E-state index in [1.807, 2.05) is 30.3 Å². The molecule has 1 amide bonds. The SMILES string of the molecule is C=NN(Cc1ccccc1)/N=C(\N)[C@@H]1C[C@@H](C(=O)OC)N(C(=O)OC(C)(C)C)C1. The van der Waals surface area contributed by atoms with Gasteiger partial charge >= 0.3 is 12.1 Å². The summed E-state index contributed by atoms with van der Waals surface area (Å²) in [7, 11) is 1.28. The van der Waals surface area contributed by atoms with Crippen molar-refractivity contribution in [1.82, 2.24) is 10.0 Å². The number of esters is 1. The second kappa shape index (κ2) is 9.40. The molecule has 158 valence electrons. The molecule has 0 aromatic heterocycles. The molecule has 1 saturated heterocycles. The van der Waals surface area contributed by atoms with Crippen LogP contribution in [0.2, 0.25) is 0 Å². The van der Waals surface area contributed by atoms with Crippen LogP contribution < -0.4 is 5.73 Å². The van der Waals surface area contributed by atoms with E-state index in [0.29, 0.717) is 6.54 Å². The van der Waals surface area contributed by atoms with Crippen LogP contribution in [0.15, 0.2) is 40.5 Å². The molecule has 9 heteroatoms. The van der Waals surface area contributed by atoms with Crippen molar-refractivity contribution in [2.24, 2.45) is 21.9 Å². The van der Waals surface area contributed by atoms with E-state index in [1.54, 1.807) is 20.8 Å². The molecule has 1 aliphatic rings. The van der Waals surface area contributed by atoms with Crippen molar-refractivity contribution in [3.05, 3.63) is 35.9 Å². The number of hydrazone groups is 2. The summed E-state index contributed by atoms with van der Waals surface area (Å²) < 4.78 is 10.3. The average Bonchev–Trinajstić information content (AvgIpc) is 3.12. The van der Waals surface area contributed by atoms with Crippen molar-refractivity contribution in [2.75, 3.05) is 13.7 Å². The second-order valence-corrected chi connectivity index (χ2v) is 7.79. The smallest absolute Gasteiger partial charge is 0.411 e. The van der Waals surface area contributed by atoms with Crippen LogP contribution >= 0.6 is 0 Å². The largest absolute Gasteiger partial charge is 0.467 e. The van der Waals surface area contributed by atoms with Gasteiger partial charge in [-0.2, -0.15) is 10.2 Å². The molecule has 1 heterocycles. The van der Waals surface area contributed by atoms with Gasteiger partial charge in [-0.15, -0.1) is 5.10 Å². The summed E-state index contributed by atoms with van der Waals surface area (Å²) >= 11 is 0. The van der Waals surface area contributed by atoms with E-state index in [4.69, 9.17) is 15.2 Å². The molecular weight excluding hydrogens is 374 g/mol. The van der Waals surface area contributed by atoms with Gasteiger partial charge in [-0.25, -0.2) is 9.59 Å². The fraction of sp³-hybridized carbons (Fsp3) is 0.500. The van der Waals surface area contributed by atoms with Gasteiger partial charge in [-0.05, 0) is 32.8 Å². The molecule has 0 bridgehead atoms. The van der Waals surface area contributed by atoms with Crippen molar-refractivity contribution < 1.29 is 19.1 Å². The lowest BCUT2D eigenvalue weighted by molar-refractivity contribution is -0.145. The first kappa shape index (κ1) is 22.2. The number of hydrogen-bond acceptors (Lipinski definition) is 7. The Morgan fingerprint density at radius 1 is 1.31 bits per heavy atom. The molecule has 0 spiro atoms. The third-order valence-corrected chi connectivity index (χ3v) is 4.38. The highest BCUT2D eigenvalue weighted by atomic mass is 16.6. The van der Waals surface area contributed by atoms with Gasteiger partial charge in [0.2, 0.25) is 0 Å². The molecule has 0 unspecified atom stereocenters. The van der Waals surface area contributed by atoms with Crippen LogP contribution in [-0.4, -0.2) is 59.9 Å². The molecule has 1 aromatic rings. The Kier molecular flexibility index (Phi) is 7.19. The van der Waals surface area contributed by atoms with Crippen LogP contribution in [0.3, 0.4) is 0 Å². The highest BCUT2D eigenvalue weighted by Crippen LogP contribution is 2.27. The van der Waals surface area contributed by atoms with Gasteiger partial charge in [-0.3, -0.25) is 4.90 Å². The van der Waals surface area contributed by atoms with Gasteiger partial charge in [0.1, 0.15) is 17.5 Å². The standard InChI is InChI=1S/C20H29N5O4/c1-20(2,3)29-19(27)24-13-15(11-16(24)18(26)28-5)17(21)23-25(22-4)12-14-9-7-6-8-10-14/h6-10,15-16H,4,11-13H2,1-3,5H3,(H2,21,23)/t15-,16+/m1/s1. The van der Waals surface area contributed by atoms with Crippen LogP contribution in [-0.2, 0) is 20.8 Å². The molecule has 9 nitrogen and oxygen atoms in total. The maximum Gasteiger partial charge on any atom is 0.411 e. The Bertz CT molecular complexity index is 760. The van der Waals surface area contributed by atoms with Crippen molar-refractivity contribution in [1.29, 1.82) is 0 Å². The maximum absolute atomic E-state index is 12.6. The van der Waals surface area contributed by atoms with Crippen molar-refractivity contribution in [2.45, 2.75) is 45.4 Å². The number of benzene rings is 1. The summed E-state index contributed by atoms with van der Waals surface area (Å²) in [5, 5.41) is 9.60. The minimum absolute atomic E-state index is 0.195. The number of nitrogens with two attached hydrogens (primary N) is 1. The van der Waals surface area contributed by atoms with Crippen molar-refractivity contribution in [3.63, 3.8) is 0 Å². The summed E-state index contributed by atoms with van der Waals surface area (Å²) in [4.78, 5) is 26.1. The van der Waals surface area contributed by atoms with Crippen LogP contribution in [0.5, 0.6) is 0 Å². The van der Waals surface area contributed by atoms with Crippen LogP contribution in [0, 0.1) is 5.92 Å². The summed E-state index contributed by atoms with van der Waals surface area (Å²) in [5.74, 6) is -0.603. The van der Waals surface area contributed by atoms with Gasteiger partial charge in [0.15, 0.2) is 0 Å². The van der Waals surface area contributed by atoms with E-state index in [9.17, 15) is 9.59 Å². The fourth-order valence-electron chi connectivity index (χ4n) is 3.01. The number of carbonyl (C=O) groups is 2. The number of carbonyl (C=O) groups excluding carboxylic acids is 2. The van der Waals surface area contributed by atoms with Gasteiger partial charge in [0.25, 0.3) is 0 Å². The molecule has 2 rings (SSSR count). The third kappa shape index (κ3) is 6.20. The molecule has 29 heavy (non-hydrogen) atoms. The Labute approximate surface area is 171 Å². The summed E-state index contributed by atoms with van der Waals surface area (Å²) in [5.41, 5.74) is 6.50. The fourth-order valence-corrected chi connectivity index (χ4v) is 3.01. The summed E-state index contributed by atoms with van der Waals surface area (Å²) in [6.45, 7) is 9.41. The van der Waals surface area contributed by atoms with Gasteiger partial charge in [0.05, 0.1) is 13.7 Å². The number of likely N-dealkylation sites (tertiary alicyclic amines) is 1. The summed E-state index contributed by atoms with van der Waals surface area (Å²) in [6.07, 6.45) is -0.302. The van der Waals surface area contributed by atoms with Gasteiger partial charge in [-0.1, -0.05) is 30.3 Å². The number of rotatable bonds is 6. The number of amidine groups is 1. The van der Waals surface area contributed by atoms with E-state index >= 15 is 0 Å². The molecule has 0 radical (unpaired) electrons. The van der Waals surface area contributed by atoms with Crippen LogP contribution in [0.1, 0.15) is 32.8 Å². The van der Waals surface area contributed by atoms with Gasteiger partial charge < -0.3 is 15.2 Å². The van der Waals surface area contributed by atoms with E-state index < -0.39 is 23.7 Å².